The summed E-state index contributed by atoms with van der Waals surface area (Å²) in [6.45, 7) is 1.18. The number of phenols is 1. The van der Waals surface area contributed by atoms with Crippen molar-refractivity contribution in [3.05, 3.63) is 87.4 Å². The Labute approximate surface area is 213 Å². The normalized spacial score (nSPS) is 11.7. The number of hydrazone groups is 1. The quantitative estimate of drug-likeness (QED) is 0.312. The van der Waals surface area contributed by atoms with Gasteiger partial charge in [-0.25, -0.2) is 13.8 Å². The molecule has 0 heterocycles. The number of sulfonamides is 1. The zero-order chi connectivity index (χ0) is 25.6. The van der Waals surface area contributed by atoms with Crippen LogP contribution in [0.4, 0.5) is 0 Å². The second-order valence-corrected chi connectivity index (χ2v) is 10.3. The molecule has 0 aliphatic carbocycles. The number of aromatic hydroxyl groups is 1. The number of hydrogen-bond acceptors (Lipinski definition) is 6. The first-order chi connectivity index (χ1) is 16.6. The summed E-state index contributed by atoms with van der Waals surface area (Å²) in [6, 6.07) is 15.6. The molecule has 3 rings (SSSR count). The number of aryl methyl sites for hydroxylation is 1. The molecule has 3 aromatic carbocycles. The number of rotatable bonds is 9. The van der Waals surface area contributed by atoms with Crippen molar-refractivity contribution in [3.8, 4) is 11.5 Å². The van der Waals surface area contributed by atoms with E-state index < -0.39 is 22.5 Å². The van der Waals surface area contributed by atoms with Crippen LogP contribution in [0.1, 0.15) is 16.7 Å². The molecule has 0 aromatic heterocycles. The molecule has 3 aromatic rings. The molecule has 8 nitrogen and oxygen atoms in total. The van der Waals surface area contributed by atoms with Crippen LogP contribution in [0.2, 0.25) is 10.0 Å². The fourth-order valence-corrected chi connectivity index (χ4v) is 4.92. The number of carbonyl (C=O) groups is 1. The number of nitrogens with one attached hydrogen (secondary N) is 1. The van der Waals surface area contributed by atoms with Crippen molar-refractivity contribution >= 4 is 45.3 Å². The first-order valence-corrected chi connectivity index (χ1v) is 12.5. The minimum Gasteiger partial charge on any atom is -0.504 e. The maximum absolute atomic E-state index is 13.4. The molecule has 0 radical (unpaired) electrons. The Balaban J connectivity index is 1.81. The summed E-state index contributed by atoms with van der Waals surface area (Å²) < 4.78 is 32.8. The molecule has 0 saturated carbocycles. The molecule has 0 unspecified atom stereocenters. The molecule has 11 heteroatoms. The molecular formula is C24H23Cl2N3O5S. The highest BCUT2D eigenvalue weighted by Gasteiger charge is 2.27. The minimum atomic E-state index is -4.04. The zero-order valence-corrected chi connectivity index (χ0v) is 21.2. The number of halogens is 2. The third-order valence-corrected chi connectivity index (χ3v) is 7.34. The summed E-state index contributed by atoms with van der Waals surface area (Å²) in [5.74, 6) is -0.449. The van der Waals surface area contributed by atoms with Crippen molar-refractivity contribution in [2.45, 2.75) is 18.4 Å². The number of nitrogens with zero attached hydrogens (tertiary/aromatic N) is 2. The lowest BCUT2D eigenvalue weighted by Crippen LogP contribution is -2.39. The van der Waals surface area contributed by atoms with Crippen LogP contribution >= 0.6 is 23.2 Å². The number of phenolic OH excluding ortho intramolecular Hbond substituents is 1. The van der Waals surface area contributed by atoms with Gasteiger partial charge in [0.1, 0.15) is 0 Å². The molecule has 35 heavy (non-hydrogen) atoms. The smallest absolute Gasteiger partial charge is 0.255 e. The van der Waals surface area contributed by atoms with E-state index >= 15 is 0 Å². The maximum Gasteiger partial charge on any atom is 0.255 e. The zero-order valence-electron chi connectivity index (χ0n) is 18.9. The lowest BCUT2D eigenvalue weighted by Gasteiger charge is -2.22. The van der Waals surface area contributed by atoms with Gasteiger partial charge in [-0.05, 0) is 60.5 Å². The van der Waals surface area contributed by atoms with Crippen LogP contribution < -0.4 is 10.2 Å². The monoisotopic (exact) mass is 535 g/mol. The van der Waals surface area contributed by atoms with Gasteiger partial charge in [0.2, 0.25) is 10.0 Å². The number of carbonyl (C=O) groups excluding carboxylic acids is 1. The Morgan fingerprint density at radius 3 is 2.49 bits per heavy atom. The van der Waals surface area contributed by atoms with E-state index in [1.165, 1.54) is 43.7 Å². The lowest BCUT2D eigenvalue weighted by atomic mass is 10.2. The fraction of sp³-hybridized carbons (Fsp3) is 0.167. The third kappa shape index (κ3) is 6.95. The van der Waals surface area contributed by atoms with Crippen LogP contribution in [0.15, 0.2) is 70.7 Å². The van der Waals surface area contributed by atoms with Crippen LogP contribution in [0, 0.1) is 6.92 Å². The summed E-state index contributed by atoms with van der Waals surface area (Å²) in [4.78, 5) is 12.7. The van der Waals surface area contributed by atoms with Crippen molar-refractivity contribution in [2.24, 2.45) is 5.10 Å². The number of benzene rings is 3. The van der Waals surface area contributed by atoms with E-state index in [1.807, 2.05) is 6.92 Å². The van der Waals surface area contributed by atoms with Gasteiger partial charge in [0.15, 0.2) is 11.5 Å². The van der Waals surface area contributed by atoms with Gasteiger partial charge in [0, 0.05) is 16.6 Å². The van der Waals surface area contributed by atoms with Crippen molar-refractivity contribution in [1.82, 2.24) is 9.73 Å². The Hall–Kier alpha value is -3.11. The van der Waals surface area contributed by atoms with Gasteiger partial charge < -0.3 is 9.84 Å². The molecule has 1 amide bonds. The predicted octanol–water partition coefficient (Wildman–Crippen LogP) is 4.36. The number of methoxy groups -OCH3 is 1. The Morgan fingerprint density at radius 2 is 1.83 bits per heavy atom. The summed E-state index contributed by atoms with van der Waals surface area (Å²) in [5, 5.41) is 14.2. The number of hydrogen-bond donors (Lipinski definition) is 2. The lowest BCUT2D eigenvalue weighted by molar-refractivity contribution is -0.121. The minimum absolute atomic E-state index is 0.0356. The van der Waals surface area contributed by atoms with Gasteiger partial charge in [0.25, 0.3) is 5.91 Å². The average Bonchev–Trinajstić information content (AvgIpc) is 2.81. The molecule has 0 spiro atoms. The van der Waals surface area contributed by atoms with E-state index in [9.17, 15) is 18.3 Å². The van der Waals surface area contributed by atoms with Gasteiger partial charge in [-0.2, -0.15) is 9.41 Å². The Bertz CT molecular complexity index is 1350. The van der Waals surface area contributed by atoms with E-state index in [-0.39, 0.29) is 28.0 Å². The van der Waals surface area contributed by atoms with Gasteiger partial charge in [0.05, 0.1) is 24.8 Å². The highest BCUT2D eigenvalue weighted by Crippen LogP contribution is 2.26. The van der Waals surface area contributed by atoms with Crippen molar-refractivity contribution in [3.63, 3.8) is 0 Å². The standard InChI is InChI=1S/C24H23Cl2N3O5S/c1-16-3-8-20(9-4-16)35(32,33)29(14-18-6-7-19(25)12-21(18)26)15-24(31)28-27-13-17-5-10-22(30)23(11-17)34-2/h3-13,30H,14-15H2,1-2H3,(H,28,31)/b27-13-. The predicted molar refractivity (Wildman–Crippen MR) is 136 cm³/mol. The van der Waals surface area contributed by atoms with Gasteiger partial charge in [-0.1, -0.05) is 47.0 Å². The van der Waals surface area contributed by atoms with E-state index in [0.29, 0.717) is 16.1 Å². The summed E-state index contributed by atoms with van der Waals surface area (Å²) in [6.07, 6.45) is 1.34. The van der Waals surface area contributed by atoms with E-state index in [4.69, 9.17) is 27.9 Å². The SMILES string of the molecule is COc1cc(/C=N\NC(=O)CN(Cc2ccc(Cl)cc2Cl)S(=O)(=O)c2ccc(C)cc2)ccc1O. The molecule has 0 aliphatic rings. The summed E-state index contributed by atoms with van der Waals surface area (Å²) in [5.41, 5.74) is 4.26. The van der Waals surface area contributed by atoms with Gasteiger partial charge in [-0.15, -0.1) is 0 Å². The van der Waals surface area contributed by atoms with Gasteiger partial charge in [-0.3, -0.25) is 4.79 Å². The van der Waals surface area contributed by atoms with Crippen LogP contribution in [-0.2, 0) is 21.4 Å². The van der Waals surface area contributed by atoms with Crippen LogP contribution in [0.5, 0.6) is 11.5 Å². The molecule has 2 N–H and O–H groups in total. The molecular weight excluding hydrogens is 513 g/mol. The highest BCUT2D eigenvalue weighted by molar-refractivity contribution is 7.89. The Kier molecular flexibility index (Phi) is 8.74. The van der Waals surface area contributed by atoms with E-state index in [1.54, 1.807) is 30.3 Å². The second-order valence-electron chi connectivity index (χ2n) is 7.55. The topological polar surface area (TPSA) is 108 Å². The second kappa shape index (κ2) is 11.5. The van der Waals surface area contributed by atoms with Crippen molar-refractivity contribution < 1.29 is 23.1 Å². The molecule has 0 aliphatic heterocycles. The first kappa shape index (κ1) is 26.5. The maximum atomic E-state index is 13.4. The third-order valence-electron chi connectivity index (χ3n) is 4.95. The average molecular weight is 536 g/mol. The molecule has 0 atom stereocenters. The van der Waals surface area contributed by atoms with Crippen LogP contribution in [-0.4, -0.2) is 43.6 Å². The number of amides is 1. The fourth-order valence-electron chi connectivity index (χ4n) is 3.07. The van der Waals surface area contributed by atoms with Crippen LogP contribution in [0.3, 0.4) is 0 Å². The molecule has 184 valence electrons. The number of ether oxygens (including phenoxy) is 1. The first-order valence-electron chi connectivity index (χ1n) is 10.3. The van der Waals surface area contributed by atoms with Gasteiger partial charge >= 0.3 is 0 Å². The van der Waals surface area contributed by atoms with E-state index in [2.05, 4.69) is 10.5 Å². The summed E-state index contributed by atoms with van der Waals surface area (Å²) in [7, 11) is -2.63. The molecule has 0 fully saturated rings. The largest absolute Gasteiger partial charge is 0.504 e. The molecule has 0 bridgehead atoms. The summed E-state index contributed by atoms with van der Waals surface area (Å²) >= 11 is 12.2. The Morgan fingerprint density at radius 1 is 1.11 bits per heavy atom. The van der Waals surface area contributed by atoms with Crippen LogP contribution in [0.25, 0.3) is 0 Å². The highest BCUT2D eigenvalue weighted by atomic mass is 35.5. The van der Waals surface area contributed by atoms with E-state index in [0.717, 1.165) is 9.87 Å². The van der Waals surface area contributed by atoms with Crippen molar-refractivity contribution in [2.75, 3.05) is 13.7 Å². The van der Waals surface area contributed by atoms with Crippen molar-refractivity contribution in [1.29, 1.82) is 0 Å². The molecule has 0 saturated heterocycles.